The second kappa shape index (κ2) is 19.9. The molecule has 0 saturated heterocycles. The molecule has 1 radical (unpaired) electrons. The molecule has 2 aromatic heterocycles. The molecule has 2 heterocycles. The van der Waals surface area contributed by atoms with E-state index in [0.717, 1.165) is 0 Å². The number of imidazole rings is 2. The van der Waals surface area contributed by atoms with Crippen LogP contribution in [0.1, 0.15) is 203 Å². The van der Waals surface area contributed by atoms with Crippen LogP contribution in [0.2, 0.25) is 0 Å². The topological polar surface area (TPSA) is 19.7 Å². The maximum atomic E-state index is 2.58. The average Bonchev–Trinajstić information content (AvgIpc) is 3.83. The second-order valence-electron chi connectivity index (χ2n) is 19.3. The van der Waals surface area contributed by atoms with Gasteiger partial charge in [0, 0.05) is 0 Å². The maximum absolute atomic E-state index is 2.58. The van der Waals surface area contributed by atoms with Crippen molar-refractivity contribution < 1.29 is 0 Å². The molecular formula is C54H72AsN4P2. The number of para-hydroxylation sites is 4. The Hall–Kier alpha value is -3.54. The fraction of sp³-hybridized carbons (Fsp3) is 0.444. The van der Waals surface area contributed by atoms with Crippen LogP contribution in [0.15, 0.2) is 97.6 Å². The van der Waals surface area contributed by atoms with Crippen LogP contribution in [0.5, 0.6) is 0 Å². The summed E-state index contributed by atoms with van der Waals surface area (Å²) in [6.45, 7) is 40.3. The molecule has 0 bridgehead atoms. The molecule has 6 rings (SSSR count). The number of hydrogen-bond donors (Lipinski definition) is 0. The van der Waals surface area contributed by atoms with Gasteiger partial charge in [0.2, 0.25) is 0 Å². The van der Waals surface area contributed by atoms with E-state index in [2.05, 4.69) is 227 Å². The molecule has 323 valence electrons. The van der Waals surface area contributed by atoms with Crippen LogP contribution in [0.4, 0.5) is 0 Å². The summed E-state index contributed by atoms with van der Waals surface area (Å²) in [5.74, 6) is 3.14. The van der Waals surface area contributed by atoms with Crippen LogP contribution in [0.3, 0.4) is 0 Å². The van der Waals surface area contributed by atoms with Crippen LogP contribution in [-0.4, -0.2) is 33.1 Å². The van der Waals surface area contributed by atoms with E-state index in [1.54, 1.807) is 0 Å². The van der Waals surface area contributed by atoms with Gasteiger partial charge in [0.15, 0.2) is 0 Å². The number of rotatable bonds is 14. The van der Waals surface area contributed by atoms with Crippen molar-refractivity contribution in [2.75, 3.05) is 0 Å². The zero-order chi connectivity index (χ0) is 44.4. The zero-order valence-electron chi connectivity index (χ0n) is 40.0. The molecule has 0 aliphatic rings. The van der Waals surface area contributed by atoms with E-state index in [0.29, 0.717) is 47.3 Å². The van der Waals surface area contributed by atoms with Crippen LogP contribution in [-0.2, 0) is 0 Å². The molecule has 6 aromatic rings. The van der Waals surface area contributed by atoms with E-state index in [1.165, 1.54) is 91.2 Å². The standard InChI is InChI=1S/C54H72AsN4P2/c1-33(2)41-21-17-22-42(34(3)4)49(41)56-29-30-57(50-43(35(5)6)23-18-24-44(50)36(7)8)53(56)60-55-61-54-58(51-45(37(9)10)25-19-26-46(51)38(11)12)31-32-59(54)52-47(39(13)14)27-20-28-48(52)40(15)16/h17-40H,1-16H3. The molecule has 0 aliphatic carbocycles. The minimum atomic E-state index is -0.255. The zero-order valence-corrected chi connectivity index (χ0v) is 43.7. The van der Waals surface area contributed by atoms with Gasteiger partial charge in [0.05, 0.1) is 0 Å². The summed E-state index contributed by atoms with van der Waals surface area (Å²) < 4.78 is 10.3. The Labute approximate surface area is 377 Å². The number of benzene rings is 4. The Morgan fingerprint density at radius 3 is 0.607 bits per heavy atom. The fourth-order valence-corrected chi connectivity index (χ4v) is 17.1. The van der Waals surface area contributed by atoms with Crippen molar-refractivity contribution >= 4 is 28.4 Å². The van der Waals surface area contributed by atoms with Crippen molar-refractivity contribution in [3.05, 3.63) is 152 Å². The van der Waals surface area contributed by atoms with Crippen molar-refractivity contribution in [2.24, 2.45) is 0 Å². The number of aromatic nitrogens is 4. The molecule has 4 nitrogen and oxygen atoms in total. The van der Waals surface area contributed by atoms with Crippen molar-refractivity contribution in [3.63, 3.8) is 0 Å². The summed E-state index contributed by atoms with van der Waals surface area (Å²) >= 11 is -0.255. The SMILES string of the molecule is CC(C)c1cccc(C(C)C)c1-n1ccn(-c2c(C(C)C)cccc2C(C)C)c1=P[As]P=c1n(-c2c(C(C)C)cccc2C(C)C)ccn1-c1c(C(C)C)cccc1C(C)C. The molecule has 0 unspecified atom stereocenters. The first-order chi connectivity index (χ1) is 29.0. The van der Waals surface area contributed by atoms with E-state index in [9.17, 15) is 0 Å². The van der Waals surface area contributed by atoms with Gasteiger partial charge in [0.1, 0.15) is 0 Å². The van der Waals surface area contributed by atoms with Crippen molar-refractivity contribution in [3.8, 4) is 22.7 Å². The van der Waals surface area contributed by atoms with E-state index in [1.807, 2.05) is 0 Å². The summed E-state index contributed by atoms with van der Waals surface area (Å²) in [6, 6.07) is 27.9. The Morgan fingerprint density at radius 2 is 0.459 bits per heavy atom. The molecule has 4 aromatic carbocycles. The molecule has 61 heavy (non-hydrogen) atoms. The van der Waals surface area contributed by atoms with Gasteiger partial charge in [-0.05, 0) is 0 Å². The third-order valence-corrected chi connectivity index (χ3v) is 19.8. The van der Waals surface area contributed by atoms with Crippen molar-refractivity contribution in [1.82, 2.24) is 18.3 Å². The van der Waals surface area contributed by atoms with E-state index in [-0.39, 0.29) is 14.8 Å². The summed E-state index contributed by atoms with van der Waals surface area (Å²) in [4.78, 5) is 0. The van der Waals surface area contributed by atoms with Crippen molar-refractivity contribution in [2.45, 2.75) is 158 Å². The van der Waals surface area contributed by atoms with Gasteiger partial charge < -0.3 is 0 Å². The minimum absolute atomic E-state index is 0.255. The quantitative estimate of drug-likeness (QED) is 0.0766. The van der Waals surface area contributed by atoms with E-state index >= 15 is 0 Å². The van der Waals surface area contributed by atoms with Gasteiger partial charge in [-0.2, -0.15) is 0 Å². The van der Waals surface area contributed by atoms with Crippen LogP contribution >= 0.6 is 13.5 Å². The van der Waals surface area contributed by atoms with Gasteiger partial charge in [-0.3, -0.25) is 0 Å². The summed E-state index contributed by atoms with van der Waals surface area (Å²) in [5, 5.41) is 2.69. The molecule has 0 amide bonds. The fourth-order valence-electron chi connectivity index (χ4n) is 8.92. The monoisotopic (exact) mass is 913 g/mol. The molecule has 0 saturated carbocycles. The van der Waals surface area contributed by atoms with Crippen LogP contribution < -0.4 is 0 Å². The number of nitrogens with zero attached hydrogens (tertiary/aromatic N) is 4. The Balaban J connectivity index is 1.77. The summed E-state index contributed by atoms with van der Waals surface area (Å²) in [5.41, 5.74) is 16.7. The van der Waals surface area contributed by atoms with Gasteiger partial charge in [-0.15, -0.1) is 0 Å². The molecule has 7 heteroatoms. The molecular weight excluding hydrogens is 841 g/mol. The second-order valence-corrected chi connectivity index (χ2v) is 27.2. The first kappa shape index (κ1) is 46.9. The predicted octanol–water partition coefficient (Wildman–Crippen LogP) is 17.0. The number of hydrogen-bond acceptors (Lipinski definition) is 0. The first-order valence-corrected chi connectivity index (χ1v) is 29.6. The average molecular weight is 914 g/mol. The molecule has 0 fully saturated rings. The van der Waals surface area contributed by atoms with Gasteiger partial charge in [-0.25, -0.2) is 0 Å². The Bertz CT molecular complexity index is 2150. The van der Waals surface area contributed by atoms with Crippen LogP contribution in [0, 0.1) is 10.4 Å². The van der Waals surface area contributed by atoms with Crippen molar-refractivity contribution in [1.29, 1.82) is 0 Å². The van der Waals surface area contributed by atoms with Gasteiger partial charge in [0.25, 0.3) is 0 Å². The third kappa shape index (κ3) is 9.54. The van der Waals surface area contributed by atoms with E-state index < -0.39 is 0 Å². The first-order valence-electron chi connectivity index (χ1n) is 22.9. The van der Waals surface area contributed by atoms with Gasteiger partial charge in [-0.1, -0.05) is 0 Å². The summed E-state index contributed by atoms with van der Waals surface area (Å²) in [7, 11) is 0. The molecule has 0 aliphatic heterocycles. The Morgan fingerprint density at radius 1 is 0.295 bits per heavy atom. The molecule has 0 N–H and O–H groups in total. The summed E-state index contributed by atoms with van der Waals surface area (Å²) in [6.07, 6.45) is 9.50. The molecule has 0 spiro atoms. The Kier molecular flexibility index (Phi) is 15.3. The van der Waals surface area contributed by atoms with Gasteiger partial charge >= 0.3 is 380 Å². The normalized spacial score (nSPS) is 12.7. The molecule has 0 atom stereocenters. The third-order valence-electron chi connectivity index (χ3n) is 12.2. The van der Waals surface area contributed by atoms with E-state index in [4.69, 9.17) is 0 Å². The van der Waals surface area contributed by atoms with Crippen LogP contribution in [0.25, 0.3) is 22.7 Å². The predicted molar refractivity (Wildman–Crippen MR) is 269 cm³/mol.